The smallest absolute Gasteiger partial charge is 0.348 e. The molecule has 0 saturated carbocycles. The molecule has 0 bridgehead atoms. The van der Waals surface area contributed by atoms with E-state index in [0.717, 1.165) is 15.6 Å². The average Bonchev–Trinajstić information content (AvgIpc) is 3.05. The van der Waals surface area contributed by atoms with Crippen LogP contribution in [0.3, 0.4) is 0 Å². The van der Waals surface area contributed by atoms with Crippen molar-refractivity contribution in [1.82, 2.24) is 0 Å². The van der Waals surface area contributed by atoms with Gasteiger partial charge in [-0.25, -0.2) is 4.79 Å². The van der Waals surface area contributed by atoms with Crippen LogP contribution in [-0.4, -0.2) is 26.3 Å². The molecule has 0 N–H and O–H groups in total. The molecule has 0 spiro atoms. The molecule has 0 radical (unpaired) electrons. The van der Waals surface area contributed by atoms with Gasteiger partial charge in [-0.05, 0) is 17.5 Å². The van der Waals surface area contributed by atoms with Crippen LogP contribution in [0.1, 0.15) is 21.5 Å². The monoisotopic (exact) mass is 264 g/mol. The molecule has 1 aromatic carbocycles. The maximum absolute atomic E-state index is 11.5. The maximum atomic E-state index is 11.5. The summed E-state index contributed by atoms with van der Waals surface area (Å²) in [7, 11) is 1.39. The van der Waals surface area contributed by atoms with E-state index in [4.69, 9.17) is 14.2 Å². The van der Waals surface area contributed by atoms with Gasteiger partial charge in [0, 0.05) is 10.3 Å². The van der Waals surface area contributed by atoms with Crippen molar-refractivity contribution in [2.24, 2.45) is 0 Å². The van der Waals surface area contributed by atoms with Crippen molar-refractivity contribution < 1.29 is 19.0 Å². The first-order valence-corrected chi connectivity index (χ1v) is 6.44. The summed E-state index contributed by atoms with van der Waals surface area (Å²) < 4.78 is 16.7. The lowest BCUT2D eigenvalue weighted by molar-refractivity contribution is -0.0440. The molecule has 94 valence electrons. The van der Waals surface area contributed by atoms with E-state index < -0.39 is 0 Å². The van der Waals surface area contributed by atoms with Crippen LogP contribution in [0.2, 0.25) is 0 Å². The lowest BCUT2D eigenvalue weighted by Gasteiger charge is -2.08. The van der Waals surface area contributed by atoms with E-state index in [1.165, 1.54) is 18.4 Å². The second-order valence-electron chi connectivity index (χ2n) is 3.97. The number of methoxy groups -OCH3 is 1. The zero-order chi connectivity index (χ0) is 12.5. The molecule has 1 saturated heterocycles. The van der Waals surface area contributed by atoms with E-state index in [9.17, 15) is 4.79 Å². The van der Waals surface area contributed by atoms with Crippen molar-refractivity contribution in [1.29, 1.82) is 0 Å². The molecule has 1 aliphatic rings. The number of hydrogen-bond donors (Lipinski definition) is 0. The van der Waals surface area contributed by atoms with Crippen molar-refractivity contribution in [3.05, 3.63) is 34.7 Å². The quantitative estimate of drug-likeness (QED) is 0.782. The predicted octanol–water partition coefficient (Wildman–Crippen LogP) is 2.73. The van der Waals surface area contributed by atoms with Crippen molar-refractivity contribution in [3.63, 3.8) is 0 Å². The zero-order valence-corrected chi connectivity index (χ0v) is 10.7. The molecule has 18 heavy (non-hydrogen) atoms. The first-order chi connectivity index (χ1) is 8.78. The maximum Gasteiger partial charge on any atom is 0.348 e. The number of esters is 1. The van der Waals surface area contributed by atoms with Crippen LogP contribution in [-0.2, 0) is 14.2 Å². The van der Waals surface area contributed by atoms with Crippen LogP contribution in [0.15, 0.2) is 24.3 Å². The van der Waals surface area contributed by atoms with Gasteiger partial charge in [0.15, 0.2) is 6.29 Å². The molecule has 0 aliphatic carbocycles. The SMILES string of the molecule is COC(=O)c1cc2ccc(C3OCCO3)cc2s1. The van der Waals surface area contributed by atoms with Gasteiger partial charge in [0.1, 0.15) is 4.88 Å². The second kappa shape index (κ2) is 4.68. The van der Waals surface area contributed by atoms with Gasteiger partial charge in [-0.3, -0.25) is 0 Å². The largest absolute Gasteiger partial charge is 0.465 e. The molecular formula is C13H12O4S. The third kappa shape index (κ3) is 2.01. The number of rotatable bonds is 2. The Morgan fingerprint density at radius 3 is 2.83 bits per heavy atom. The Morgan fingerprint density at radius 1 is 1.33 bits per heavy atom. The van der Waals surface area contributed by atoms with Crippen LogP contribution in [0.5, 0.6) is 0 Å². The van der Waals surface area contributed by atoms with Crippen LogP contribution in [0.4, 0.5) is 0 Å². The lowest BCUT2D eigenvalue weighted by Crippen LogP contribution is -1.96. The summed E-state index contributed by atoms with van der Waals surface area (Å²) in [6.45, 7) is 1.25. The molecule has 5 heteroatoms. The van der Waals surface area contributed by atoms with Crippen LogP contribution < -0.4 is 0 Å². The second-order valence-corrected chi connectivity index (χ2v) is 5.06. The molecule has 2 heterocycles. The minimum Gasteiger partial charge on any atom is -0.465 e. The van der Waals surface area contributed by atoms with Gasteiger partial charge >= 0.3 is 5.97 Å². The third-order valence-corrected chi connectivity index (χ3v) is 3.90. The highest BCUT2D eigenvalue weighted by Gasteiger charge is 2.19. The topological polar surface area (TPSA) is 44.8 Å². The Balaban J connectivity index is 1.98. The Hall–Kier alpha value is -1.43. The first kappa shape index (κ1) is 11.6. The number of carbonyl (C=O) groups is 1. The van der Waals surface area contributed by atoms with Gasteiger partial charge in [0.2, 0.25) is 0 Å². The predicted molar refractivity (Wildman–Crippen MR) is 67.8 cm³/mol. The van der Waals surface area contributed by atoms with E-state index in [2.05, 4.69) is 0 Å². The number of fused-ring (bicyclic) bond motifs is 1. The Bertz CT molecular complexity index is 584. The first-order valence-electron chi connectivity index (χ1n) is 5.63. The van der Waals surface area contributed by atoms with Crippen molar-refractivity contribution in [2.75, 3.05) is 20.3 Å². The summed E-state index contributed by atoms with van der Waals surface area (Å²) in [5.41, 5.74) is 0.985. The van der Waals surface area contributed by atoms with E-state index >= 15 is 0 Å². The molecule has 3 rings (SSSR count). The molecule has 1 aromatic heterocycles. The number of benzene rings is 1. The molecule has 2 aromatic rings. The Kier molecular flexibility index (Phi) is 3.03. The Morgan fingerprint density at radius 2 is 2.11 bits per heavy atom. The average molecular weight is 264 g/mol. The minimum atomic E-state index is -0.300. The standard InChI is InChI=1S/C13H12O4S/c1-15-12(14)11-6-8-2-3-9(7-10(8)18-11)13-16-4-5-17-13/h2-3,6-7,13H,4-5H2,1H3. The molecule has 1 fully saturated rings. The van der Waals surface area contributed by atoms with Gasteiger partial charge < -0.3 is 14.2 Å². The highest BCUT2D eigenvalue weighted by atomic mass is 32.1. The molecule has 0 atom stereocenters. The molecular weight excluding hydrogens is 252 g/mol. The van der Waals surface area contributed by atoms with E-state index in [-0.39, 0.29) is 12.3 Å². The fourth-order valence-corrected chi connectivity index (χ4v) is 2.98. The highest BCUT2D eigenvalue weighted by Crippen LogP contribution is 2.31. The van der Waals surface area contributed by atoms with E-state index in [0.29, 0.717) is 18.1 Å². The van der Waals surface area contributed by atoms with Gasteiger partial charge in [0.25, 0.3) is 0 Å². The van der Waals surface area contributed by atoms with Crippen molar-refractivity contribution >= 4 is 27.4 Å². The molecule has 0 amide bonds. The number of hydrogen-bond acceptors (Lipinski definition) is 5. The fraction of sp³-hybridized carbons (Fsp3) is 0.308. The summed E-state index contributed by atoms with van der Waals surface area (Å²) in [6.07, 6.45) is -0.280. The van der Waals surface area contributed by atoms with Crippen molar-refractivity contribution in [3.8, 4) is 0 Å². The summed E-state index contributed by atoms with van der Waals surface area (Å²) >= 11 is 1.42. The molecule has 4 nitrogen and oxygen atoms in total. The molecule has 1 aliphatic heterocycles. The van der Waals surface area contributed by atoms with Crippen LogP contribution in [0.25, 0.3) is 10.1 Å². The Labute approximate surface area is 108 Å². The van der Waals surface area contributed by atoms with Gasteiger partial charge in [-0.2, -0.15) is 0 Å². The zero-order valence-electron chi connectivity index (χ0n) is 9.84. The van der Waals surface area contributed by atoms with Crippen LogP contribution >= 0.6 is 11.3 Å². The van der Waals surface area contributed by atoms with Gasteiger partial charge in [0.05, 0.1) is 20.3 Å². The number of carbonyl (C=O) groups excluding carboxylic acids is 1. The summed E-state index contributed by atoms with van der Waals surface area (Å²) in [4.78, 5) is 12.1. The summed E-state index contributed by atoms with van der Waals surface area (Å²) in [5.74, 6) is -0.300. The third-order valence-electron chi connectivity index (χ3n) is 2.82. The fourth-order valence-electron chi connectivity index (χ4n) is 1.95. The molecule has 0 unspecified atom stereocenters. The van der Waals surface area contributed by atoms with E-state index in [1.54, 1.807) is 0 Å². The van der Waals surface area contributed by atoms with Gasteiger partial charge in [-0.15, -0.1) is 11.3 Å². The normalized spacial score (nSPS) is 16.3. The highest BCUT2D eigenvalue weighted by molar-refractivity contribution is 7.20. The lowest BCUT2D eigenvalue weighted by atomic mass is 10.1. The minimum absolute atomic E-state index is 0.280. The summed E-state index contributed by atoms with van der Waals surface area (Å²) in [6, 6.07) is 7.78. The van der Waals surface area contributed by atoms with Crippen LogP contribution in [0, 0.1) is 0 Å². The van der Waals surface area contributed by atoms with E-state index in [1.807, 2.05) is 24.3 Å². The van der Waals surface area contributed by atoms with Crippen molar-refractivity contribution in [2.45, 2.75) is 6.29 Å². The summed E-state index contributed by atoms with van der Waals surface area (Å²) in [5, 5.41) is 1.03. The number of ether oxygens (including phenoxy) is 3. The number of thiophene rings is 1. The van der Waals surface area contributed by atoms with Gasteiger partial charge in [-0.1, -0.05) is 12.1 Å².